The maximum Gasteiger partial charge on any atom is 0.191 e. The van der Waals surface area contributed by atoms with E-state index in [9.17, 15) is 0 Å². The molecule has 31 heavy (non-hydrogen) atoms. The van der Waals surface area contributed by atoms with Crippen LogP contribution < -0.4 is 15.4 Å². The summed E-state index contributed by atoms with van der Waals surface area (Å²) >= 11 is 0. The average molecular weight is 431 g/mol. The molecule has 0 aliphatic carbocycles. The first-order chi connectivity index (χ1) is 15.3. The van der Waals surface area contributed by atoms with Crippen LogP contribution in [0, 0.1) is 5.92 Å². The van der Waals surface area contributed by atoms with Crippen molar-refractivity contribution in [3.8, 4) is 17.1 Å². The summed E-state index contributed by atoms with van der Waals surface area (Å²) in [4.78, 5) is 9.13. The van der Waals surface area contributed by atoms with E-state index in [0.29, 0.717) is 24.1 Å². The fourth-order valence-corrected chi connectivity index (χ4v) is 3.27. The monoisotopic (exact) mass is 430 g/mol. The fraction of sp³-hybridized carbons (Fsp3) is 0.591. The fourth-order valence-electron chi connectivity index (χ4n) is 3.27. The van der Waals surface area contributed by atoms with Gasteiger partial charge in [0.15, 0.2) is 11.8 Å². The van der Waals surface area contributed by atoms with E-state index in [1.54, 1.807) is 7.11 Å². The van der Waals surface area contributed by atoms with Crippen molar-refractivity contribution in [3.05, 3.63) is 30.1 Å². The Morgan fingerprint density at radius 3 is 2.77 bits per heavy atom. The average Bonchev–Trinajstić information content (AvgIpc) is 3.29. The molecule has 2 aromatic rings. The Hall–Kier alpha value is -2.65. The van der Waals surface area contributed by atoms with E-state index >= 15 is 0 Å². The summed E-state index contributed by atoms with van der Waals surface area (Å²) in [5, 5.41) is 13.8. The van der Waals surface area contributed by atoms with Crippen LogP contribution in [0.15, 0.2) is 29.3 Å². The van der Waals surface area contributed by atoms with Gasteiger partial charge in [-0.25, -0.2) is 9.98 Å². The van der Waals surface area contributed by atoms with Crippen LogP contribution in [0.4, 0.5) is 0 Å². The molecular formula is C22H34N6O3. The Balaban J connectivity index is 1.40. The van der Waals surface area contributed by atoms with Gasteiger partial charge < -0.3 is 24.8 Å². The molecule has 0 radical (unpaired) electrons. The molecule has 0 bridgehead atoms. The van der Waals surface area contributed by atoms with Crippen LogP contribution in [-0.4, -0.2) is 67.8 Å². The van der Waals surface area contributed by atoms with Crippen LogP contribution in [0.5, 0.6) is 5.75 Å². The number of methoxy groups -OCH3 is 1. The highest BCUT2D eigenvalue weighted by atomic mass is 16.5. The molecule has 1 aromatic carbocycles. The summed E-state index contributed by atoms with van der Waals surface area (Å²) in [6.45, 7) is 7.36. The number of ether oxygens (including phenoxy) is 3. The molecule has 3 rings (SSSR count). The minimum atomic E-state index is 0.415. The van der Waals surface area contributed by atoms with Crippen LogP contribution in [0.2, 0.25) is 0 Å². The number of hydrogen-bond acceptors (Lipinski definition) is 6. The highest BCUT2D eigenvalue weighted by Gasteiger charge is 2.13. The van der Waals surface area contributed by atoms with E-state index in [1.165, 1.54) is 0 Å². The van der Waals surface area contributed by atoms with Gasteiger partial charge in [0.25, 0.3) is 0 Å². The lowest BCUT2D eigenvalue weighted by molar-refractivity contribution is 0.0203. The highest BCUT2D eigenvalue weighted by Crippen LogP contribution is 2.19. The van der Waals surface area contributed by atoms with Gasteiger partial charge in [0.05, 0.1) is 7.11 Å². The first-order valence-corrected chi connectivity index (χ1v) is 11.0. The number of aromatic amines is 1. The zero-order valence-corrected chi connectivity index (χ0v) is 18.5. The zero-order chi connectivity index (χ0) is 21.7. The van der Waals surface area contributed by atoms with Crippen molar-refractivity contribution in [2.45, 2.75) is 32.7 Å². The normalized spacial score (nSPS) is 15.1. The van der Waals surface area contributed by atoms with Gasteiger partial charge in [-0.05, 0) is 56.4 Å². The van der Waals surface area contributed by atoms with Crippen molar-refractivity contribution in [2.24, 2.45) is 10.9 Å². The molecule has 9 nitrogen and oxygen atoms in total. The molecule has 0 spiro atoms. The van der Waals surface area contributed by atoms with Gasteiger partial charge in [-0.1, -0.05) is 0 Å². The molecular weight excluding hydrogens is 396 g/mol. The van der Waals surface area contributed by atoms with Crippen molar-refractivity contribution in [2.75, 3.05) is 46.6 Å². The van der Waals surface area contributed by atoms with Gasteiger partial charge >= 0.3 is 0 Å². The number of H-pyrrole nitrogens is 1. The number of rotatable bonds is 11. The molecule has 0 atom stereocenters. The Morgan fingerprint density at radius 1 is 1.23 bits per heavy atom. The maximum atomic E-state index is 5.82. The second-order valence-corrected chi connectivity index (χ2v) is 7.44. The summed E-state index contributed by atoms with van der Waals surface area (Å²) in [5.74, 6) is 3.56. The first-order valence-electron chi connectivity index (χ1n) is 11.0. The molecule has 170 valence electrons. The molecule has 1 aromatic heterocycles. The summed E-state index contributed by atoms with van der Waals surface area (Å²) < 4.78 is 16.4. The molecule has 0 unspecified atom stereocenters. The standard InChI is InChI=1S/C22H34N6O3/c1-3-23-22(24-11-4-12-31-16-17-9-13-30-14-10-17)25-15-20-26-21(28-27-20)18-5-7-19(29-2)8-6-18/h5-8,17H,3-4,9-16H2,1-2H3,(H2,23,24,25)(H,26,27,28). The molecule has 9 heteroatoms. The minimum Gasteiger partial charge on any atom is -0.497 e. The molecule has 0 amide bonds. The summed E-state index contributed by atoms with van der Waals surface area (Å²) in [5.41, 5.74) is 0.929. The summed E-state index contributed by atoms with van der Waals surface area (Å²) in [6.07, 6.45) is 3.14. The van der Waals surface area contributed by atoms with Gasteiger partial charge in [0, 0.05) is 45.1 Å². The molecule has 2 heterocycles. The molecule has 1 saturated heterocycles. The van der Waals surface area contributed by atoms with E-state index in [1.807, 2.05) is 31.2 Å². The predicted octanol–water partition coefficient (Wildman–Crippen LogP) is 2.37. The third-order valence-electron chi connectivity index (χ3n) is 5.06. The number of nitrogens with zero attached hydrogens (tertiary/aromatic N) is 3. The summed E-state index contributed by atoms with van der Waals surface area (Å²) in [7, 11) is 1.65. The lowest BCUT2D eigenvalue weighted by Gasteiger charge is -2.21. The number of aliphatic imine (C=N–C) groups is 1. The number of nitrogens with one attached hydrogen (secondary N) is 3. The summed E-state index contributed by atoms with van der Waals surface area (Å²) in [6, 6.07) is 7.66. The van der Waals surface area contributed by atoms with Crippen LogP contribution in [0.3, 0.4) is 0 Å². The van der Waals surface area contributed by atoms with Gasteiger partial charge in [-0.3, -0.25) is 5.10 Å². The zero-order valence-electron chi connectivity index (χ0n) is 18.5. The second kappa shape index (κ2) is 12.9. The van der Waals surface area contributed by atoms with Crippen molar-refractivity contribution in [1.29, 1.82) is 0 Å². The van der Waals surface area contributed by atoms with Crippen LogP contribution in [0.25, 0.3) is 11.4 Å². The Kier molecular flexibility index (Phi) is 9.59. The van der Waals surface area contributed by atoms with Crippen LogP contribution >= 0.6 is 0 Å². The largest absolute Gasteiger partial charge is 0.497 e. The minimum absolute atomic E-state index is 0.415. The van der Waals surface area contributed by atoms with Gasteiger partial charge in [0.2, 0.25) is 0 Å². The maximum absolute atomic E-state index is 5.82. The second-order valence-electron chi connectivity index (χ2n) is 7.44. The van der Waals surface area contributed by atoms with Crippen LogP contribution in [-0.2, 0) is 16.0 Å². The van der Waals surface area contributed by atoms with Crippen LogP contribution in [0.1, 0.15) is 32.0 Å². The topological polar surface area (TPSA) is 106 Å². The van der Waals surface area contributed by atoms with Gasteiger partial charge in [0.1, 0.15) is 18.1 Å². The SMILES string of the molecule is CCNC(=NCc1nc(-c2ccc(OC)cc2)n[nH]1)NCCCOCC1CCOCC1. The quantitative estimate of drug-likeness (QED) is 0.285. The van der Waals surface area contributed by atoms with Gasteiger partial charge in [-0.2, -0.15) is 5.10 Å². The Morgan fingerprint density at radius 2 is 2.03 bits per heavy atom. The lowest BCUT2D eigenvalue weighted by Crippen LogP contribution is -2.38. The third kappa shape index (κ3) is 7.84. The number of hydrogen-bond donors (Lipinski definition) is 3. The van der Waals surface area contributed by atoms with E-state index in [4.69, 9.17) is 14.2 Å². The number of aromatic nitrogens is 3. The Bertz CT molecular complexity index is 787. The van der Waals surface area contributed by atoms with E-state index in [-0.39, 0.29) is 0 Å². The smallest absolute Gasteiger partial charge is 0.191 e. The number of guanidine groups is 1. The molecule has 1 aliphatic rings. The molecule has 1 fully saturated rings. The molecule has 3 N–H and O–H groups in total. The molecule has 1 aliphatic heterocycles. The first kappa shape index (κ1) is 23.0. The Labute approximate surface area is 184 Å². The van der Waals surface area contributed by atoms with E-state index < -0.39 is 0 Å². The van der Waals surface area contributed by atoms with E-state index in [2.05, 4.69) is 30.8 Å². The van der Waals surface area contributed by atoms with Gasteiger partial charge in [-0.15, -0.1) is 0 Å². The van der Waals surface area contributed by atoms with Crippen molar-refractivity contribution in [1.82, 2.24) is 25.8 Å². The molecule has 0 saturated carbocycles. The van der Waals surface area contributed by atoms with Crippen molar-refractivity contribution < 1.29 is 14.2 Å². The number of benzene rings is 1. The van der Waals surface area contributed by atoms with E-state index in [0.717, 1.165) is 76.1 Å². The third-order valence-corrected chi connectivity index (χ3v) is 5.06. The lowest BCUT2D eigenvalue weighted by atomic mass is 10.0. The highest BCUT2D eigenvalue weighted by molar-refractivity contribution is 5.79. The van der Waals surface area contributed by atoms with Crippen molar-refractivity contribution >= 4 is 5.96 Å². The van der Waals surface area contributed by atoms with Crippen molar-refractivity contribution in [3.63, 3.8) is 0 Å². The predicted molar refractivity (Wildman–Crippen MR) is 120 cm³/mol.